The second-order valence-corrected chi connectivity index (χ2v) is 21.3. The summed E-state index contributed by atoms with van der Waals surface area (Å²) in [6, 6.07) is 27.4. The van der Waals surface area contributed by atoms with E-state index in [0.29, 0.717) is 73.5 Å². The molecule has 7 N–H and O–H groups in total. The Morgan fingerprint density at radius 3 is 2.28 bits per heavy atom. The zero-order valence-corrected chi connectivity index (χ0v) is 44.5. The van der Waals surface area contributed by atoms with E-state index in [9.17, 15) is 43.2 Å². The number of Topliss-reactive ketones (excluding diaryl/α,β-unsaturated/α-hetero) is 2. The van der Waals surface area contributed by atoms with Gasteiger partial charge in [0.15, 0.2) is 11.6 Å². The molecule has 3 fully saturated rings. The number of unbranched alkanes of at least 4 members (excludes halogenated alkanes) is 4. The highest BCUT2D eigenvalue weighted by Gasteiger charge is 2.46. The fraction of sp³-hybridized carbons (Fsp3) is 0.403. The van der Waals surface area contributed by atoms with Crippen molar-refractivity contribution < 1.29 is 43.2 Å². The Bertz CT molecular complexity index is 3160. The minimum absolute atomic E-state index is 0.0100. The lowest BCUT2D eigenvalue weighted by Crippen LogP contribution is -2.59. The van der Waals surface area contributed by atoms with Crippen molar-refractivity contribution in [1.82, 2.24) is 36.1 Å². The van der Waals surface area contributed by atoms with Gasteiger partial charge < -0.3 is 36.5 Å². The van der Waals surface area contributed by atoms with Gasteiger partial charge in [0.1, 0.15) is 23.8 Å². The topological polar surface area (TPSA) is 250 Å². The van der Waals surface area contributed by atoms with Crippen LogP contribution >= 0.6 is 0 Å². The van der Waals surface area contributed by atoms with Crippen molar-refractivity contribution in [2.45, 2.75) is 152 Å². The number of nitrogens with zero attached hydrogens (tertiary/aromatic N) is 2. The quantitative estimate of drug-likeness (QED) is 0.0208. The molecule has 410 valence electrons. The number of benzene rings is 4. The number of amides is 7. The van der Waals surface area contributed by atoms with Gasteiger partial charge in [-0.05, 0) is 124 Å². The van der Waals surface area contributed by atoms with Crippen LogP contribution in [-0.4, -0.2) is 110 Å². The summed E-state index contributed by atoms with van der Waals surface area (Å²) in [5.74, 6) is 2.80. The maximum absolute atomic E-state index is 14.9. The fourth-order valence-electron chi connectivity index (χ4n) is 11.7. The average Bonchev–Trinajstić information content (AvgIpc) is 4.21. The molecule has 6 atom stereocenters. The zero-order valence-electron chi connectivity index (χ0n) is 44.5. The minimum Gasteiger partial charge on any atom is -0.370 e. The summed E-state index contributed by atoms with van der Waals surface area (Å²) in [6.07, 6.45) is 6.99. The monoisotopic (exact) mass is 1070 g/mol. The van der Waals surface area contributed by atoms with E-state index in [4.69, 9.17) is 5.73 Å². The standard InChI is InChI=1S/C62H68N8O9/c1-38(71)42-22-25-49-43(33-42)34-52(65-49)58(75)67-51-26-23-44(64-32-13-5-3-2-4-8-19-41-20-14-21-46-48(41)37-69(61(46)78)53-29-31-57(74)68-59(53)76)35-45-24-28-54(70(45)62(51)79)60(77)66-50(27-30-56(63)73)55(72)36-47(39-15-9-6-10-16-39)40-17-11-7-12-18-40/h6-7,9-12,14-18,20-22,25,33-34,44-45,47,50-51,53-54,64-65H,2-5,13,23-24,26-32,35-37H2,1H3,(H2,63,73)(H,66,77)(H,67,75)(H,68,74,76)/t44-,45-,50+,51+,53?,54+/m1/s1. The van der Waals surface area contributed by atoms with Gasteiger partial charge in [-0.3, -0.25) is 48.5 Å². The number of rotatable bonds is 21. The predicted octanol–water partition coefficient (Wildman–Crippen LogP) is 6.28. The normalized spacial score (nSPS) is 20.4. The van der Waals surface area contributed by atoms with Crippen LogP contribution in [0.25, 0.3) is 10.9 Å². The molecular weight excluding hydrogens is 1000 g/mol. The highest BCUT2D eigenvalue weighted by Crippen LogP contribution is 2.34. The first-order valence-electron chi connectivity index (χ1n) is 27.7. The van der Waals surface area contributed by atoms with Crippen molar-refractivity contribution in [1.29, 1.82) is 0 Å². The zero-order chi connectivity index (χ0) is 55.6. The third kappa shape index (κ3) is 13.4. The van der Waals surface area contributed by atoms with Crippen molar-refractivity contribution in [3.63, 3.8) is 0 Å². The predicted molar refractivity (Wildman–Crippen MR) is 296 cm³/mol. The lowest BCUT2D eigenvalue weighted by Gasteiger charge is -2.38. The SMILES string of the molecule is CC(=O)c1ccc2[nH]c(C(=O)N[C@H]3CC[C@@H](NCCCCCCC#Cc4cccc5c4CN(C4CCC(=O)NC4=O)C5=O)C[C@H]4CC[C@@H](C(=O)N[C@@H](CCC(N)=O)C(=O)CC(c5ccccc5)c5ccccc5)N4C3=O)cc2c1. The van der Waals surface area contributed by atoms with Gasteiger partial charge in [-0.15, -0.1) is 0 Å². The summed E-state index contributed by atoms with van der Waals surface area (Å²) in [7, 11) is 0. The van der Waals surface area contributed by atoms with Gasteiger partial charge in [-0.25, -0.2) is 0 Å². The molecule has 4 aliphatic heterocycles. The number of imide groups is 1. The van der Waals surface area contributed by atoms with E-state index in [0.717, 1.165) is 47.9 Å². The number of fused-ring (bicyclic) bond motifs is 3. The number of piperidine rings is 1. The van der Waals surface area contributed by atoms with Crippen LogP contribution in [-0.2, 0) is 35.3 Å². The minimum atomic E-state index is -1.06. The number of aromatic nitrogens is 1. The highest BCUT2D eigenvalue weighted by molar-refractivity contribution is 6.06. The van der Waals surface area contributed by atoms with Crippen LogP contribution in [0.3, 0.4) is 0 Å². The van der Waals surface area contributed by atoms with Crippen molar-refractivity contribution in [3.05, 3.63) is 142 Å². The van der Waals surface area contributed by atoms with Gasteiger partial charge in [0, 0.05) is 77.8 Å². The molecule has 7 amide bonds. The second kappa shape index (κ2) is 25.5. The lowest BCUT2D eigenvalue weighted by atomic mass is 9.85. The van der Waals surface area contributed by atoms with Gasteiger partial charge in [-0.1, -0.05) is 91.4 Å². The molecule has 1 aromatic heterocycles. The fourth-order valence-corrected chi connectivity index (χ4v) is 11.7. The summed E-state index contributed by atoms with van der Waals surface area (Å²) in [5, 5.41) is 12.7. The van der Waals surface area contributed by atoms with Crippen molar-refractivity contribution >= 4 is 63.8 Å². The summed E-state index contributed by atoms with van der Waals surface area (Å²) >= 11 is 0. The molecule has 0 saturated carbocycles. The number of nitrogens with two attached hydrogens (primary N) is 1. The van der Waals surface area contributed by atoms with Crippen LogP contribution in [0.5, 0.6) is 0 Å². The van der Waals surface area contributed by atoms with Gasteiger partial charge in [-0.2, -0.15) is 0 Å². The molecule has 0 bridgehead atoms. The molecule has 17 nitrogen and oxygen atoms in total. The molecule has 1 unspecified atom stereocenters. The van der Waals surface area contributed by atoms with Crippen LogP contribution in [0.2, 0.25) is 0 Å². The average molecular weight is 1070 g/mol. The molecule has 3 saturated heterocycles. The molecule has 0 radical (unpaired) electrons. The molecule has 17 heteroatoms. The van der Waals surface area contributed by atoms with Crippen LogP contribution in [0.1, 0.15) is 163 Å². The van der Waals surface area contributed by atoms with Gasteiger partial charge in [0.2, 0.25) is 29.5 Å². The largest absolute Gasteiger partial charge is 0.370 e. The summed E-state index contributed by atoms with van der Waals surface area (Å²) in [5.41, 5.74) is 10.9. The summed E-state index contributed by atoms with van der Waals surface area (Å²) in [6.45, 7) is 2.45. The summed E-state index contributed by atoms with van der Waals surface area (Å²) < 4.78 is 0. The first-order chi connectivity index (χ1) is 38.2. The van der Waals surface area contributed by atoms with E-state index in [-0.39, 0.29) is 85.2 Å². The molecule has 4 aliphatic rings. The number of nitrogens with one attached hydrogen (secondary N) is 5. The number of hydrogen-bond acceptors (Lipinski definition) is 10. The van der Waals surface area contributed by atoms with Gasteiger partial charge >= 0.3 is 0 Å². The molecule has 0 aliphatic carbocycles. The highest BCUT2D eigenvalue weighted by atomic mass is 16.2. The smallest absolute Gasteiger partial charge is 0.268 e. The number of H-pyrrole nitrogens is 1. The van der Waals surface area contributed by atoms with E-state index in [1.54, 1.807) is 41.3 Å². The van der Waals surface area contributed by atoms with Crippen molar-refractivity contribution in [2.75, 3.05) is 6.54 Å². The van der Waals surface area contributed by atoms with E-state index in [1.165, 1.54) is 11.8 Å². The number of ketones is 2. The summed E-state index contributed by atoms with van der Waals surface area (Å²) in [4.78, 5) is 126. The number of primary amides is 1. The molecule has 0 spiro atoms. The maximum Gasteiger partial charge on any atom is 0.268 e. The van der Waals surface area contributed by atoms with E-state index in [2.05, 4.69) is 38.1 Å². The van der Waals surface area contributed by atoms with E-state index in [1.807, 2.05) is 66.7 Å². The van der Waals surface area contributed by atoms with Crippen LogP contribution in [0.15, 0.2) is 103 Å². The number of aromatic amines is 1. The van der Waals surface area contributed by atoms with Gasteiger partial charge in [0.25, 0.3) is 11.8 Å². The van der Waals surface area contributed by atoms with Gasteiger partial charge in [0.05, 0.1) is 6.04 Å². The van der Waals surface area contributed by atoms with E-state index < -0.39 is 47.8 Å². The van der Waals surface area contributed by atoms with Crippen molar-refractivity contribution in [3.8, 4) is 11.8 Å². The van der Waals surface area contributed by atoms with Crippen molar-refractivity contribution in [2.24, 2.45) is 5.73 Å². The first kappa shape index (κ1) is 55.5. The third-order valence-corrected chi connectivity index (χ3v) is 16.0. The van der Waals surface area contributed by atoms with E-state index >= 15 is 0 Å². The van der Waals surface area contributed by atoms with Crippen LogP contribution in [0, 0.1) is 11.8 Å². The molecule has 9 rings (SSSR count). The Morgan fingerprint density at radius 1 is 0.810 bits per heavy atom. The van der Waals surface area contributed by atoms with Crippen LogP contribution in [0.4, 0.5) is 0 Å². The molecule has 5 aromatic rings. The second-order valence-electron chi connectivity index (χ2n) is 21.3. The Hall–Kier alpha value is -8.23. The Morgan fingerprint density at radius 2 is 1.56 bits per heavy atom. The third-order valence-electron chi connectivity index (χ3n) is 16.0. The number of carbonyl (C=O) groups is 9. The molecular formula is C62H68N8O9. The number of carbonyl (C=O) groups excluding carboxylic acids is 9. The molecule has 79 heavy (non-hydrogen) atoms. The first-order valence-corrected chi connectivity index (χ1v) is 27.7. The number of hydrogen-bond donors (Lipinski definition) is 6. The lowest BCUT2D eigenvalue weighted by molar-refractivity contribution is -0.143. The molecule has 4 aromatic carbocycles. The Balaban J connectivity index is 0.844. The van der Waals surface area contributed by atoms with Crippen LogP contribution < -0.4 is 27.0 Å². The molecule has 5 heterocycles. The maximum atomic E-state index is 14.9. The Kier molecular flexibility index (Phi) is 17.9. The Labute approximate surface area is 459 Å².